The summed E-state index contributed by atoms with van der Waals surface area (Å²) >= 11 is 0. The number of amides is 10. The van der Waals surface area contributed by atoms with Crippen molar-refractivity contribution in [3.05, 3.63) is 0 Å². The SMILES string of the molecule is CCCCCCCCCCCCCC(=O)N[C@@H](C(=O)N[C@H](CO)C(=O)N[C@H](CO)C(=O)N[C@H](CCC(N)=O)C(=O)N[C@H](CCCN(O)C(C)=O)C(=O)N[C@H](CO)C(=O)N[C@H](CCCN(O)C(C)=O)C(=O)O)[C@H](O)C(=O)O. The van der Waals surface area contributed by atoms with E-state index in [1.54, 1.807) is 0 Å². The second-order valence-corrected chi connectivity index (χ2v) is 17.9. The van der Waals surface area contributed by atoms with Crippen LogP contribution in [0.15, 0.2) is 0 Å². The number of nitrogens with zero attached hydrogens (tertiary/aromatic N) is 2. The molecule has 0 heterocycles. The van der Waals surface area contributed by atoms with E-state index in [2.05, 4.69) is 33.5 Å². The summed E-state index contributed by atoms with van der Waals surface area (Å²) in [4.78, 5) is 151. The van der Waals surface area contributed by atoms with Crippen LogP contribution in [0.25, 0.3) is 0 Å². The minimum absolute atomic E-state index is 0.121. The zero-order valence-electron chi connectivity index (χ0n) is 43.3. The number of primary amides is 1. The predicted octanol–water partition coefficient (Wildman–Crippen LogP) is -4.11. The molecule has 0 saturated heterocycles. The van der Waals surface area contributed by atoms with Crippen molar-refractivity contribution in [1.29, 1.82) is 0 Å². The fourth-order valence-corrected chi connectivity index (χ4v) is 7.12. The Morgan fingerprint density at radius 3 is 1.14 bits per heavy atom. The van der Waals surface area contributed by atoms with E-state index in [0.717, 1.165) is 52.4 Å². The van der Waals surface area contributed by atoms with E-state index < -0.39 is 165 Å². The van der Waals surface area contributed by atoms with E-state index in [0.29, 0.717) is 17.9 Å². The van der Waals surface area contributed by atoms with Crippen molar-refractivity contribution < 1.29 is 98.6 Å². The number of carbonyl (C=O) groups is 12. The summed E-state index contributed by atoms with van der Waals surface area (Å²) in [6.07, 6.45) is 5.82. The molecular weight excluding hydrogens is 1010 g/mol. The van der Waals surface area contributed by atoms with Crippen molar-refractivity contribution in [2.75, 3.05) is 32.9 Å². The number of hydrogen-bond donors (Lipinski definition) is 16. The van der Waals surface area contributed by atoms with Crippen molar-refractivity contribution in [1.82, 2.24) is 47.3 Å². The maximum Gasteiger partial charge on any atom is 0.335 e. The van der Waals surface area contributed by atoms with Gasteiger partial charge in [-0.15, -0.1) is 0 Å². The number of carbonyl (C=O) groups excluding carboxylic acids is 10. The molecule has 0 spiro atoms. The van der Waals surface area contributed by atoms with E-state index in [1.165, 1.54) is 19.3 Å². The minimum Gasteiger partial charge on any atom is -0.480 e. The Hall–Kier alpha value is -6.60. The van der Waals surface area contributed by atoms with Crippen LogP contribution >= 0.6 is 0 Å². The molecule has 17 N–H and O–H groups in total. The fraction of sp³-hybridized carbons (Fsp3) is 0.739. The van der Waals surface area contributed by atoms with Gasteiger partial charge in [-0.3, -0.25) is 58.4 Å². The molecule has 8 atom stereocenters. The molecule has 30 nitrogen and oxygen atoms in total. The van der Waals surface area contributed by atoms with E-state index in [9.17, 15) is 98.6 Å². The van der Waals surface area contributed by atoms with E-state index in [4.69, 9.17) is 5.73 Å². The van der Waals surface area contributed by atoms with Crippen molar-refractivity contribution in [3.8, 4) is 0 Å². The molecule has 0 aromatic rings. The maximum atomic E-state index is 13.8. The van der Waals surface area contributed by atoms with Crippen LogP contribution in [0.4, 0.5) is 0 Å². The topological polar surface area (TPSA) is 483 Å². The average Bonchev–Trinajstić information content (AvgIpc) is 3.36. The number of aliphatic hydroxyl groups excluding tert-OH is 4. The van der Waals surface area contributed by atoms with Crippen LogP contribution < -0.4 is 43.0 Å². The highest BCUT2D eigenvalue weighted by Gasteiger charge is 2.37. The first kappa shape index (κ1) is 69.4. The molecule has 30 heteroatoms. The number of hydrogen-bond acceptors (Lipinski definition) is 18. The quantitative estimate of drug-likeness (QED) is 0.0157. The second kappa shape index (κ2) is 38.9. The summed E-state index contributed by atoms with van der Waals surface area (Å²) in [5, 5.41) is 94.3. The molecule has 0 fully saturated rings. The van der Waals surface area contributed by atoms with E-state index >= 15 is 0 Å². The molecule has 0 bridgehead atoms. The van der Waals surface area contributed by atoms with Crippen LogP contribution in [-0.4, -0.2) is 203 Å². The van der Waals surface area contributed by atoms with Gasteiger partial charge in [0, 0.05) is 39.8 Å². The molecule has 0 saturated carbocycles. The Morgan fingerprint density at radius 2 is 0.776 bits per heavy atom. The molecule has 0 aliphatic rings. The van der Waals surface area contributed by atoms with Crippen molar-refractivity contribution in [2.45, 2.75) is 185 Å². The number of aliphatic hydroxyl groups is 4. The molecule has 0 aliphatic heterocycles. The zero-order valence-corrected chi connectivity index (χ0v) is 43.3. The van der Waals surface area contributed by atoms with Gasteiger partial charge in [0.1, 0.15) is 42.3 Å². The number of unbranched alkanes of at least 4 members (excludes halogenated alkanes) is 10. The van der Waals surface area contributed by atoms with Gasteiger partial charge < -0.3 is 73.6 Å². The molecule has 0 radical (unpaired) electrons. The predicted molar refractivity (Wildman–Crippen MR) is 262 cm³/mol. The molecular formula is C46H80N10O20. The van der Waals surface area contributed by atoms with Crippen LogP contribution in [0.3, 0.4) is 0 Å². The molecule has 0 aromatic heterocycles. The van der Waals surface area contributed by atoms with Gasteiger partial charge in [0.25, 0.3) is 0 Å². The third-order valence-corrected chi connectivity index (χ3v) is 11.6. The van der Waals surface area contributed by atoms with E-state index in [1.807, 2.05) is 10.6 Å². The fourth-order valence-electron chi connectivity index (χ4n) is 7.12. The highest BCUT2D eigenvalue weighted by Crippen LogP contribution is 2.13. The number of hydroxylamine groups is 4. The zero-order chi connectivity index (χ0) is 57.9. The largest absolute Gasteiger partial charge is 0.480 e. The van der Waals surface area contributed by atoms with Crippen molar-refractivity contribution in [3.63, 3.8) is 0 Å². The number of carboxylic acids is 2. The first-order valence-corrected chi connectivity index (χ1v) is 25.1. The Balaban J connectivity index is 6.14. The number of aliphatic carboxylic acids is 2. The Kier molecular flexibility index (Phi) is 35.5. The third-order valence-electron chi connectivity index (χ3n) is 11.6. The molecule has 0 aromatic carbocycles. The Labute approximate surface area is 439 Å². The lowest BCUT2D eigenvalue weighted by Gasteiger charge is -2.27. The standard InChI is InChI=1S/C46H80N10O20/c1-4-5-6-7-8-9-10-11-12-13-14-19-36(63)54-37(38(64)46(73)74)44(70)53-34(26-59)43(69)52-32(24-57)41(67)49-30(20-21-35(47)62)40(66)48-29(17-15-22-55(75)27(2)60)39(65)51-33(25-58)42(68)50-31(45(71)72)18-16-23-56(76)28(3)61/h29-34,37-38,57-59,64,75-76H,4-26H2,1-3H3,(H2,47,62)(H,48,66)(H,49,67)(H,50,68)(H,51,65)(H,52,69)(H,53,70)(H,54,63)(H,71,72)(H,73,74)/t29-,30-,31-,32-,33-,34-,37-,38+/m1/s1. The van der Waals surface area contributed by atoms with Gasteiger partial charge in [-0.2, -0.15) is 0 Å². The van der Waals surface area contributed by atoms with Gasteiger partial charge >= 0.3 is 11.9 Å². The van der Waals surface area contributed by atoms with Gasteiger partial charge in [0.05, 0.1) is 19.8 Å². The highest BCUT2D eigenvalue weighted by atomic mass is 16.5. The summed E-state index contributed by atoms with van der Waals surface area (Å²) in [5.41, 5.74) is 5.27. The van der Waals surface area contributed by atoms with Gasteiger partial charge in [-0.1, -0.05) is 71.1 Å². The summed E-state index contributed by atoms with van der Waals surface area (Å²) in [6, 6.07) is -13.3. The van der Waals surface area contributed by atoms with Crippen LogP contribution in [0.1, 0.15) is 136 Å². The van der Waals surface area contributed by atoms with Crippen LogP contribution in [-0.2, 0) is 57.5 Å². The number of nitrogens with two attached hydrogens (primary N) is 1. The summed E-state index contributed by atoms with van der Waals surface area (Å²) in [5.74, 6) is -14.7. The van der Waals surface area contributed by atoms with Gasteiger partial charge in [0.2, 0.25) is 59.1 Å². The molecule has 0 aliphatic carbocycles. The first-order chi connectivity index (χ1) is 35.8. The van der Waals surface area contributed by atoms with Gasteiger partial charge in [-0.05, 0) is 38.5 Å². The first-order valence-electron chi connectivity index (χ1n) is 25.1. The lowest BCUT2D eigenvalue weighted by Crippen LogP contribution is -2.62. The lowest BCUT2D eigenvalue weighted by molar-refractivity contribution is -0.163. The average molecular weight is 1090 g/mol. The van der Waals surface area contributed by atoms with Crippen LogP contribution in [0.5, 0.6) is 0 Å². The third kappa shape index (κ3) is 28.9. The van der Waals surface area contributed by atoms with Gasteiger partial charge in [-0.25, -0.2) is 19.7 Å². The van der Waals surface area contributed by atoms with Gasteiger partial charge in [0.15, 0.2) is 6.10 Å². The number of rotatable bonds is 42. The maximum absolute atomic E-state index is 13.8. The summed E-state index contributed by atoms with van der Waals surface area (Å²) in [6.45, 7) is -0.126. The highest BCUT2D eigenvalue weighted by molar-refractivity contribution is 5.98. The summed E-state index contributed by atoms with van der Waals surface area (Å²) in [7, 11) is 0. The second-order valence-electron chi connectivity index (χ2n) is 17.9. The molecule has 0 unspecified atom stereocenters. The van der Waals surface area contributed by atoms with Crippen LogP contribution in [0, 0.1) is 0 Å². The summed E-state index contributed by atoms with van der Waals surface area (Å²) < 4.78 is 0. The normalized spacial score (nSPS) is 14.1. The van der Waals surface area contributed by atoms with Crippen molar-refractivity contribution in [2.24, 2.45) is 5.73 Å². The molecule has 434 valence electrons. The molecule has 0 rings (SSSR count). The smallest absolute Gasteiger partial charge is 0.335 e. The van der Waals surface area contributed by atoms with Crippen molar-refractivity contribution >= 4 is 71.0 Å². The monoisotopic (exact) mass is 1090 g/mol. The Bertz CT molecular complexity index is 1910. The molecule has 10 amide bonds. The Morgan fingerprint density at radius 1 is 0.434 bits per heavy atom. The minimum atomic E-state index is -2.53. The number of carboxylic acid groups (broad SMARTS) is 2. The lowest BCUT2D eigenvalue weighted by atomic mass is 10.0. The van der Waals surface area contributed by atoms with E-state index in [-0.39, 0.29) is 37.3 Å². The van der Waals surface area contributed by atoms with Crippen LogP contribution in [0.2, 0.25) is 0 Å². The number of nitrogens with one attached hydrogen (secondary N) is 7. The molecule has 76 heavy (non-hydrogen) atoms.